The maximum atomic E-state index is 6.26. The molecule has 0 amide bonds. The van der Waals surface area contributed by atoms with E-state index in [-0.39, 0.29) is 16.2 Å². The summed E-state index contributed by atoms with van der Waals surface area (Å²) in [6.45, 7) is 21.6. The lowest BCUT2D eigenvalue weighted by atomic mass is 9.84. The van der Waals surface area contributed by atoms with Crippen LogP contribution in [0.1, 0.15) is 90.5 Å². The van der Waals surface area contributed by atoms with Crippen LogP contribution in [-0.4, -0.2) is 26.4 Å². The quantitative estimate of drug-likeness (QED) is 0.328. The van der Waals surface area contributed by atoms with Crippen LogP contribution in [0.25, 0.3) is 0 Å². The minimum atomic E-state index is -1.49. The fraction of sp³-hybridized carbons (Fsp3) is 0.600. The van der Waals surface area contributed by atoms with Crippen LogP contribution in [0.3, 0.4) is 0 Å². The first kappa shape index (κ1) is 29.7. The molecule has 8 heteroatoms. The third-order valence-electron chi connectivity index (χ3n) is 7.04. The predicted octanol–water partition coefficient (Wildman–Crippen LogP) is 8.96. The van der Waals surface area contributed by atoms with Gasteiger partial charge in [0.05, 0.1) is 31.8 Å². The lowest BCUT2D eigenvalue weighted by Gasteiger charge is -2.41. The van der Waals surface area contributed by atoms with Gasteiger partial charge in [-0.2, -0.15) is 0 Å². The van der Waals surface area contributed by atoms with E-state index < -0.39 is 17.2 Å². The van der Waals surface area contributed by atoms with Gasteiger partial charge in [0.2, 0.25) is 0 Å². The van der Waals surface area contributed by atoms with Gasteiger partial charge in [-0.3, -0.25) is 0 Å². The van der Waals surface area contributed by atoms with Gasteiger partial charge in [-0.05, 0) is 52.0 Å². The first-order chi connectivity index (χ1) is 17.8. The lowest BCUT2D eigenvalue weighted by molar-refractivity contribution is -0.0673. The van der Waals surface area contributed by atoms with Gasteiger partial charge in [0, 0.05) is 5.56 Å². The summed E-state index contributed by atoms with van der Waals surface area (Å²) in [5.41, 5.74) is 4.59. The summed E-state index contributed by atoms with van der Waals surface area (Å²) in [6.07, 6.45) is 0.884. The molecule has 2 aromatic carbocycles. The number of rotatable bonds is 6. The maximum absolute atomic E-state index is 6.26. The van der Waals surface area contributed by atoms with Crippen molar-refractivity contribution in [1.29, 1.82) is 0 Å². The van der Waals surface area contributed by atoms with Crippen LogP contribution in [0.5, 0.6) is 11.5 Å². The Bertz CT molecular complexity index is 1090. The van der Waals surface area contributed by atoms with E-state index in [0.717, 1.165) is 29.0 Å². The Balaban J connectivity index is 1.33. The van der Waals surface area contributed by atoms with Crippen LogP contribution in [0, 0.1) is 5.41 Å². The molecule has 2 saturated heterocycles. The summed E-state index contributed by atoms with van der Waals surface area (Å²) < 4.78 is 36.7. The third kappa shape index (κ3) is 7.08. The van der Waals surface area contributed by atoms with Crippen LogP contribution in [0.2, 0.25) is 0 Å². The van der Waals surface area contributed by atoms with Gasteiger partial charge in [0.25, 0.3) is 0 Å². The molecule has 0 aromatic heterocycles. The van der Waals surface area contributed by atoms with Gasteiger partial charge in [0.15, 0.2) is 0 Å². The van der Waals surface area contributed by atoms with E-state index in [1.807, 2.05) is 12.1 Å². The van der Waals surface area contributed by atoms with E-state index in [2.05, 4.69) is 86.6 Å². The topological polar surface area (TPSA) is 55.4 Å². The minimum absolute atomic E-state index is 0.0560. The number of hydrogen-bond acceptors (Lipinski definition) is 6. The summed E-state index contributed by atoms with van der Waals surface area (Å²) in [6, 6.07) is 12.8. The van der Waals surface area contributed by atoms with Gasteiger partial charge in [0.1, 0.15) is 11.5 Å². The van der Waals surface area contributed by atoms with Crippen molar-refractivity contribution in [2.75, 3.05) is 26.4 Å². The summed E-state index contributed by atoms with van der Waals surface area (Å²) in [7, 11) is -2.97. The Kier molecular flexibility index (Phi) is 9.14. The summed E-state index contributed by atoms with van der Waals surface area (Å²) in [5, 5.41) is 0. The Morgan fingerprint density at radius 1 is 0.763 bits per heavy atom. The molecule has 38 heavy (non-hydrogen) atoms. The number of hydrogen-bond donors (Lipinski definition) is 0. The van der Waals surface area contributed by atoms with Crippen molar-refractivity contribution < 1.29 is 27.1 Å². The second-order valence-corrected chi connectivity index (χ2v) is 15.1. The van der Waals surface area contributed by atoms with Crippen LogP contribution >= 0.6 is 17.2 Å². The highest BCUT2D eigenvalue weighted by Crippen LogP contribution is 2.54. The molecule has 1 spiro atoms. The van der Waals surface area contributed by atoms with Crippen molar-refractivity contribution in [3.63, 3.8) is 0 Å². The molecule has 2 heterocycles. The molecule has 2 fully saturated rings. The highest BCUT2D eigenvalue weighted by Gasteiger charge is 2.45. The molecule has 2 aliphatic rings. The van der Waals surface area contributed by atoms with Crippen molar-refractivity contribution in [2.45, 2.75) is 85.5 Å². The number of benzene rings is 2. The average molecular weight is 563 g/mol. The Morgan fingerprint density at radius 2 is 1.29 bits per heavy atom. The fourth-order valence-electron chi connectivity index (χ4n) is 4.33. The zero-order chi connectivity index (χ0) is 27.7. The molecule has 0 N–H and O–H groups in total. The maximum Gasteiger partial charge on any atom is 0.397 e. The van der Waals surface area contributed by atoms with E-state index in [0.29, 0.717) is 32.3 Å². The van der Waals surface area contributed by atoms with E-state index >= 15 is 0 Å². The van der Waals surface area contributed by atoms with E-state index in [9.17, 15) is 0 Å². The molecule has 0 aliphatic carbocycles. The van der Waals surface area contributed by atoms with Crippen LogP contribution < -0.4 is 9.05 Å². The van der Waals surface area contributed by atoms with E-state index in [4.69, 9.17) is 27.1 Å². The minimum Gasteiger partial charge on any atom is -0.426 e. The standard InChI is InChI=1S/C30H44O6P2/c1-10-22-15-24(28(4,5)6)12-14-26(22)35-37-31-17-30(18-32-37)19-33-38(34-20-30)36-27-13-11-23(21(2)3)16-25(27)29(7,8)9/h11-16,21H,10,17-20H2,1-9H3. The zero-order valence-electron chi connectivity index (χ0n) is 24.4. The second-order valence-electron chi connectivity index (χ2n) is 12.8. The van der Waals surface area contributed by atoms with Crippen molar-refractivity contribution in [3.8, 4) is 11.5 Å². The van der Waals surface area contributed by atoms with Gasteiger partial charge in [-0.25, -0.2) is 0 Å². The van der Waals surface area contributed by atoms with Crippen molar-refractivity contribution in [3.05, 3.63) is 58.7 Å². The van der Waals surface area contributed by atoms with Crippen LogP contribution in [0.15, 0.2) is 36.4 Å². The Morgan fingerprint density at radius 3 is 1.76 bits per heavy atom. The first-order valence-corrected chi connectivity index (χ1v) is 15.7. The fourth-order valence-corrected chi connectivity index (χ4v) is 6.87. The Hall–Kier alpha value is -1.26. The third-order valence-corrected chi connectivity index (χ3v) is 9.09. The van der Waals surface area contributed by atoms with E-state index in [1.165, 1.54) is 11.1 Å². The van der Waals surface area contributed by atoms with Crippen LogP contribution in [0.4, 0.5) is 0 Å². The highest BCUT2D eigenvalue weighted by atomic mass is 31.2. The van der Waals surface area contributed by atoms with E-state index in [1.54, 1.807) is 0 Å². The molecular weight excluding hydrogens is 518 g/mol. The zero-order valence-corrected chi connectivity index (χ0v) is 26.2. The van der Waals surface area contributed by atoms with Crippen molar-refractivity contribution in [1.82, 2.24) is 0 Å². The van der Waals surface area contributed by atoms with Crippen molar-refractivity contribution in [2.24, 2.45) is 5.41 Å². The molecule has 2 aromatic rings. The van der Waals surface area contributed by atoms with Gasteiger partial charge in [-0.1, -0.05) is 86.6 Å². The summed E-state index contributed by atoms with van der Waals surface area (Å²) in [5.74, 6) is 2.10. The molecule has 0 bridgehead atoms. The molecule has 0 saturated carbocycles. The molecular formula is C30H44O6P2. The molecule has 210 valence electrons. The van der Waals surface area contributed by atoms with Gasteiger partial charge >= 0.3 is 17.2 Å². The molecule has 0 atom stereocenters. The molecule has 0 radical (unpaired) electrons. The smallest absolute Gasteiger partial charge is 0.397 e. The van der Waals surface area contributed by atoms with Gasteiger partial charge < -0.3 is 27.1 Å². The average Bonchev–Trinajstić information content (AvgIpc) is 2.86. The summed E-state index contributed by atoms with van der Waals surface area (Å²) in [4.78, 5) is 0. The highest BCUT2D eigenvalue weighted by molar-refractivity contribution is 7.42. The molecule has 2 aliphatic heterocycles. The Labute approximate surface area is 231 Å². The second kappa shape index (κ2) is 11.7. The molecule has 4 rings (SSSR count). The lowest BCUT2D eigenvalue weighted by Crippen LogP contribution is -2.45. The normalized spacial score (nSPS) is 24.6. The molecule has 0 unspecified atom stereocenters. The van der Waals surface area contributed by atoms with Gasteiger partial charge in [-0.15, -0.1) is 0 Å². The first-order valence-electron chi connectivity index (χ1n) is 13.6. The molecule has 6 nitrogen and oxygen atoms in total. The predicted molar refractivity (Wildman–Crippen MR) is 155 cm³/mol. The summed E-state index contributed by atoms with van der Waals surface area (Å²) >= 11 is 0. The monoisotopic (exact) mass is 562 g/mol. The number of aryl methyl sites for hydroxylation is 1. The SMILES string of the molecule is CCc1cc(C(C)(C)C)ccc1OP1OCC2(CO1)COP(Oc1ccc(C(C)C)cc1C(C)(C)C)OC2. The largest absolute Gasteiger partial charge is 0.426 e. The van der Waals surface area contributed by atoms with Crippen LogP contribution in [-0.2, 0) is 35.3 Å². The van der Waals surface area contributed by atoms with Crippen molar-refractivity contribution >= 4 is 17.2 Å².